The van der Waals surface area contributed by atoms with Crippen molar-refractivity contribution in [1.29, 1.82) is 0 Å². The molecule has 8 heteroatoms. The number of rotatable bonds is 4. The number of nitro groups is 1. The average Bonchev–Trinajstić information content (AvgIpc) is 2.98. The first kappa shape index (κ1) is 15.4. The van der Waals surface area contributed by atoms with Gasteiger partial charge in [-0.1, -0.05) is 6.07 Å². The molecule has 1 aromatic carbocycles. The summed E-state index contributed by atoms with van der Waals surface area (Å²) >= 11 is 4.97. The molecule has 0 aliphatic rings. The summed E-state index contributed by atoms with van der Waals surface area (Å²) in [6.45, 7) is 0. The van der Waals surface area contributed by atoms with Crippen LogP contribution in [0.5, 0.6) is 0 Å². The van der Waals surface area contributed by atoms with Crippen LogP contribution in [0.3, 0.4) is 0 Å². The number of hydrogen-bond donors (Lipinski definition) is 2. The van der Waals surface area contributed by atoms with Gasteiger partial charge in [0.25, 0.3) is 5.69 Å². The summed E-state index contributed by atoms with van der Waals surface area (Å²) in [5, 5.41) is 15.8. The van der Waals surface area contributed by atoms with Crippen LogP contribution in [0.4, 0.5) is 11.4 Å². The summed E-state index contributed by atoms with van der Waals surface area (Å²) < 4.78 is 5.04. The van der Waals surface area contributed by atoms with Crippen LogP contribution >= 0.6 is 12.2 Å². The molecule has 2 rings (SSSR count). The van der Waals surface area contributed by atoms with Gasteiger partial charge in [0.1, 0.15) is 5.76 Å². The van der Waals surface area contributed by atoms with Gasteiger partial charge >= 0.3 is 0 Å². The lowest BCUT2D eigenvalue weighted by atomic mass is 10.3. The number of nitro benzene ring substituents is 1. The van der Waals surface area contributed by atoms with Crippen LogP contribution < -0.4 is 10.6 Å². The quantitative estimate of drug-likeness (QED) is 0.389. The van der Waals surface area contributed by atoms with E-state index in [-0.39, 0.29) is 10.8 Å². The third kappa shape index (κ3) is 4.53. The Bertz CT molecular complexity index is 725. The Balaban J connectivity index is 1.91. The fraction of sp³-hybridized carbons (Fsp3) is 0. The van der Waals surface area contributed by atoms with E-state index in [1.807, 2.05) is 0 Å². The van der Waals surface area contributed by atoms with Crippen molar-refractivity contribution in [2.45, 2.75) is 0 Å². The van der Waals surface area contributed by atoms with Crippen molar-refractivity contribution >= 4 is 40.7 Å². The van der Waals surface area contributed by atoms with Crippen LogP contribution in [0.25, 0.3) is 6.08 Å². The molecule has 0 aliphatic carbocycles. The molecular formula is C14H11N3O4S. The van der Waals surface area contributed by atoms with Gasteiger partial charge in [0.15, 0.2) is 5.11 Å². The molecular weight excluding hydrogens is 306 g/mol. The molecule has 0 saturated heterocycles. The molecule has 2 aromatic rings. The van der Waals surface area contributed by atoms with Crippen LogP contribution in [0.15, 0.2) is 53.2 Å². The van der Waals surface area contributed by atoms with Gasteiger partial charge in [-0.25, -0.2) is 0 Å². The van der Waals surface area contributed by atoms with Crippen molar-refractivity contribution in [2.75, 3.05) is 5.32 Å². The highest BCUT2D eigenvalue weighted by atomic mass is 32.1. The molecule has 7 nitrogen and oxygen atoms in total. The predicted octanol–water partition coefficient (Wildman–Crippen LogP) is 2.71. The van der Waals surface area contributed by atoms with Crippen LogP contribution in [0, 0.1) is 10.1 Å². The largest absolute Gasteiger partial charge is 0.465 e. The summed E-state index contributed by atoms with van der Waals surface area (Å²) in [6.07, 6.45) is 4.25. The van der Waals surface area contributed by atoms with Crippen molar-refractivity contribution < 1.29 is 14.1 Å². The Kier molecular flexibility index (Phi) is 4.99. The SMILES string of the molecule is O=C(C=Cc1ccco1)NC(=S)Nc1cccc([N+](=O)[O-])c1. The molecule has 1 amide bonds. The zero-order chi connectivity index (χ0) is 15.9. The smallest absolute Gasteiger partial charge is 0.271 e. The Morgan fingerprint density at radius 3 is 2.82 bits per heavy atom. The summed E-state index contributed by atoms with van der Waals surface area (Å²) in [7, 11) is 0. The lowest BCUT2D eigenvalue weighted by molar-refractivity contribution is -0.384. The average molecular weight is 317 g/mol. The summed E-state index contributed by atoms with van der Waals surface area (Å²) in [4.78, 5) is 21.8. The van der Waals surface area contributed by atoms with Gasteiger partial charge in [0.2, 0.25) is 5.91 Å². The second kappa shape index (κ2) is 7.14. The number of amides is 1. The van der Waals surface area contributed by atoms with Gasteiger partial charge in [-0.2, -0.15) is 0 Å². The normalized spacial score (nSPS) is 10.4. The second-order valence-electron chi connectivity index (χ2n) is 4.10. The number of carbonyl (C=O) groups is 1. The molecule has 0 atom stereocenters. The van der Waals surface area contributed by atoms with Gasteiger partial charge < -0.3 is 9.73 Å². The lowest BCUT2D eigenvalue weighted by Gasteiger charge is -2.07. The number of benzene rings is 1. The standard InChI is InChI=1S/C14H11N3O4S/c18-13(7-6-12-5-2-8-21-12)16-14(22)15-10-3-1-4-11(9-10)17(19)20/h1-9H,(H2,15,16,18,22). The predicted molar refractivity (Wildman–Crippen MR) is 85.2 cm³/mol. The minimum Gasteiger partial charge on any atom is -0.465 e. The van der Waals surface area contributed by atoms with Crippen molar-refractivity contribution in [3.8, 4) is 0 Å². The van der Waals surface area contributed by atoms with Crippen molar-refractivity contribution in [3.63, 3.8) is 0 Å². The molecule has 0 aliphatic heterocycles. The zero-order valence-electron chi connectivity index (χ0n) is 11.2. The maximum atomic E-state index is 11.6. The van der Waals surface area contributed by atoms with Crippen molar-refractivity contribution in [3.05, 3.63) is 64.6 Å². The van der Waals surface area contributed by atoms with Crippen LogP contribution in [0.2, 0.25) is 0 Å². The molecule has 0 radical (unpaired) electrons. The molecule has 1 aromatic heterocycles. The van der Waals surface area contributed by atoms with Gasteiger partial charge in [-0.15, -0.1) is 0 Å². The van der Waals surface area contributed by atoms with Crippen LogP contribution in [-0.4, -0.2) is 15.9 Å². The van der Waals surface area contributed by atoms with E-state index in [4.69, 9.17) is 16.6 Å². The molecule has 0 saturated carbocycles. The fourth-order valence-corrected chi connectivity index (χ4v) is 1.78. The first-order valence-electron chi connectivity index (χ1n) is 6.12. The van der Waals surface area contributed by atoms with E-state index in [0.717, 1.165) is 0 Å². The highest BCUT2D eigenvalue weighted by Gasteiger charge is 2.07. The molecule has 112 valence electrons. The maximum Gasteiger partial charge on any atom is 0.271 e. The Morgan fingerprint density at radius 1 is 1.32 bits per heavy atom. The van der Waals surface area contributed by atoms with E-state index in [1.165, 1.54) is 36.6 Å². The molecule has 1 heterocycles. The molecule has 22 heavy (non-hydrogen) atoms. The second-order valence-corrected chi connectivity index (χ2v) is 4.51. The zero-order valence-corrected chi connectivity index (χ0v) is 12.0. The topological polar surface area (TPSA) is 97.4 Å². The molecule has 0 fully saturated rings. The lowest BCUT2D eigenvalue weighted by Crippen LogP contribution is -2.32. The maximum absolute atomic E-state index is 11.6. The van der Waals surface area contributed by atoms with E-state index in [9.17, 15) is 14.9 Å². The molecule has 0 spiro atoms. The monoisotopic (exact) mass is 317 g/mol. The number of nitrogens with zero attached hydrogens (tertiary/aromatic N) is 1. The summed E-state index contributed by atoms with van der Waals surface area (Å²) in [5.74, 6) is 0.0899. The van der Waals surface area contributed by atoms with E-state index in [1.54, 1.807) is 18.2 Å². The van der Waals surface area contributed by atoms with E-state index in [2.05, 4.69) is 10.6 Å². The van der Waals surface area contributed by atoms with Crippen LogP contribution in [-0.2, 0) is 4.79 Å². The molecule has 0 unspecified atom stereocenters. The minimum atomic E-state index is -0.515. The number of nitrogens with one attached hydrogen (secondary N) is 2. The van der Waals surface area contributed by atoms with Gasteiger partial charge in [0, 0.05) is 23.9 Å². The third-order valence-electron chi connectivity index (χ3n) is 2.49. The van der Waals surface area contributed by atoms with Crippen molar-refractivity contribution in [1.82, 2.24) is 5.32 Å². The van der Waals surface area contributed by atoms with Gasteiger partial charge in [-0.05, 0) is 36.5 Å². The van der Waals surface area contributed by atoms with E-state index < -0.39 is 10.8 Å². The number of non-ortho nitro benzene ring substituents is 1. The molecule has 2 N–H and O–H groups in total. The number of anilines is 1. The van der Waals surface area contributed by atoms with Gasteiger partial charge in [0.05, 0.1) is 11.2 Å². The van der Waals surface area contributed by atoms with Gasteiger partial charge in [-0.3, -0.25) is 20.2 Å². The highest BCUT2D eigenvalue weighted by Crippen LogP contribution is 2.16. The number of furan rings is 1. The Hall–Kier alpha value is -3.00. The van der Waals surface area contributed by atoms with Crippen LogP contribution in [0.1, 0.15) is 5.76 Å². The first-order valence-corrected chi connectivity index (χ1v) is 6.53. The fourth-order valence-electron chi connectivity index (χ4n) is 1.56. The Labute approximate surface area is 130 Å². The number of hydrogen-bond acceptors (Lipinski definition) is 5. The van der Waals surface area contributed by atoms with E-state index >= 15 is 0 Å². The number of carbonyl (C=O) groups excluding carboxylic acids is 1. The summed E-state index contributed by atoms with van der Waals surface area (Å²) in [6, 6.07) is 9.19. The Morgan fingerprint density at radius 2 is 2.14 bits per heavy atom. The number of thiocarbonyl (C=S) groups is 1. The highest BCUT2D eigenvalue weighted by molar-refractivity contribution is 7.80. The first-order chi connectivity index (χ1) is 10.5. The molecule has 0 bridgehead atoms. The van der Waals surface area contributed by atoms with E-state index in [0.29, 0.717) is 11.4 Å². The van der Waals surface area contributed by atoms with Crippen molar-refractivity contribution in [2.24, 2.45) is 0 Å². The summed E-state index contributed by atoms with van der Waals surface area (Å²) in [5.41, 5.74) is 0.339. The third-order valence-corrected chi connectivity index (χ3v) is 2.70. The minimum absolute atomic E-state index is 0.0367.